The Bertz CT molecular complexity index is 569. The molecule has 23 heavy (non-hydrogen) atoms. The molecule has 0 aliphatic carbocycles. The van der Waals surface area contributed by atoms with Gasteiger partial charge in [0, 0.05) is 51.2 Å². The quantitative estimate of drug-likeness (QED) is 0.722. The zero-order chi connectivity index (χ0) is 15.6. The van der Waals surface area contributed by atoms with Crippen molar-refractivity contribution in [2.45, 2.75) is 58.0 Å². The molecular weight excluding hydrogens is 348 g/mol. The number of halogens is 1. The lowest BCUT2D eigenvalue weighted by Crippen LogP contribution is -3.00. The molecule has 0 bridgehead atoms. The molecule has 2 aliphatic heterocycles. The third kappa shape index (κ3) is 4.06. The van der Waals surface area contributed by atoms with Crippen LogP contribution in [-0.2, 0) is 0 Å². The molecule has 1 aromatic rings. The summed E-state index contributed by atoms with van der Waals surface area (Å²) >= 11 is 0. The summed E-state index contributed by atoms with van der Waals surface area (Å²) in [6.45, 7) is 9.54. The SMILES string of the molecule is CC(c1ccccc1)[N+]1=CC=C(N2CCCCC2)CC1(C)C.[Br-]. The molecule has 126 valence electrons. The van der Waals surface area contributed by atoms with Crippen LogP contribution in [0.3, 0.4) is 0 Å². The molecule has 0 radical (unpaired) electrons. The van der Waals surface area contributed by atoms with Gasteiger partial charge in [-0.25, -0.2) is 4.58 Å². The van der Waals surface area contributed by atoms with Crippen molar-refractivity contribution in [1.29, 1.82) is 0 Å². The summed E-state index contributed by atoms with van der Waals surface area (Å²) in [4.78, 5) is 2.60. The first-order valence-electron chi connectivity index (χ1n) is 8.70. The van der Waals surface area contributed by atoms with Gasteiger partial charge in [-0.2, -0.15) is 0 Å². The number of allylic oxidation sites excluding steroid dienone is 1. The molecule has 2 nitrogen and oxygen atoms in total. The molecule has 1 saturated heterocycles. The highest BCUT2D eigenvalue weighted by Crippen LogP contribution is 2.32. The summed E-state index contributed by atoms with van der Waals surface area (Å²) < 4.78 is 2.52. The summed E-state index contributed by atoms with van der Waals surface area (Å²) in [6, 6.07) is 11.2. The lowest BCUT2D eigenvalue weighted by atomic mass is 9.90. The van der Waals surface area contributed by atoms with E-state index in [2.05, 4.69) is 72.9 Å². The maximum absolute atomic E-state index is 2.60. The zero-order valence-corrected chi connectivity index (χ0v) is 16.2. The lowest BCUT2D eigenvalue weighted by Gasteiger charge is -2.37. The second kappa shape index (κ2) is 7.65. The van der Waals surface area contributed by atoms with Crippen LogP contribution < -0.4 is 17.0 Å². The van der Waals surface area contributed by atoms with E-state index in [1.807, 2.05) is 0 Å². The van der Waals surface area contributed by atoms with Crippen LogP contribution in [0.15, 0.2) is 42.1 Å². The molecule has 1 unspecified atom stereocenters. The number of nitrogens with zero attached hydrogens (tertiary/aromatic N) is 2. The van der Waals surface area contributed by atoms with Gasteiger partial charge in [-0.05, 0) is 19.3 Å². The minimum absolute atomic E-state index is 0. The number of piperidine rings is 1. The Kier molecular flexibility index (Phi) is 6.07. The van der Waals surface area contributed by atoms with Crippen LogP contribution in [0.1, 0.15) is 58.1 Å². The van der Waals surface area contributed by atoms with Crippen LogP contribution in [0.2, 0.25) is 0 Å². The molecule has 2 aliphatic rings. The average molecular weight is 377 g/mol. The average Bonchev–Trinajstić information content (AvgIpc) is 2.55. The van der Waals surface area contributed by atoms with Crippen LogP contribution in [0.5, 0.6) is 0 Å². The predicted molar refractivity (Wildman–Crippen MR) is 93.4 cm³/mol. The monoisotopic (exact) mass is 376 g/mol. The van der Waals surface area contributed by atoms with Gasteiger partial charge in [-0.3, -0.25) is 0 Å². The Hall–Kier alpha value is -1.09. The van der Waals surface area contributed by atoms with E-state index in [9.17, 15) is 0 Å². The Balaban J connectivity index is 0.00000192. The molecule has 2 heterocycles. The van der Waals surface area contributed by atoms with E-state index in [0.29, 0.717) is 6.04 Å². The fourth-order valence-corrected chi connectivity index (χ4v) is 3.91. The van der Waals surface area contributed by atoms with Crippen molar-refractivity contribution < 1.29 is 21.6 Å². The van der Waals surface area contributed by atoms with E-state index < -0.39 is 0 Å². The van der Waals surface area contributed by atoms with Gasteiger partial charge in [0.15, 0.2) is 17.8 Å². The number of hydrogen-bond donors (Lipinski definition) is 0. The fourth-order valence-electron chi connectivity index (χ4n) is 3.91. The number of rotatable bonds is 3. The van der Waals surface area contributed by atoms with Crippen LogP contribution >= 0.6 is 0 Å². The smallest absolute Gasteiger partial charge is 0.175 e. The number of hydrogen-bond acceptors (Lipinski definition) is 1. The first-order valence-corrected chi connectivity index (χ1v) is 8.70. The predicted octanol–water partition coefficient (Wildman–Crippen LogP) is 1.39. The lowest BCUT2D eigenvalue weighted by molar-refractivity contribution is -0.634. The van der Waals surface area contributed by atoms with Gasteiger partial charge in [0.05, 0.1) is 6.42 Å². The van der Waals surface area contributed by atoms with Crippen LogP contribution in [0.25, 0.3) is 0 Å². The molecular formula is C20H29BrN2. The Morgan fingerprint density at radius 2 is 1.70 bits per heavy atom. The van der Waals surface area contributed by atoms with E-state index >= 15 is 0 Å². The summed E-state index contributed by atoms with van der Waals surface area (Å²) in [5.41, 5.74) is 3.08. The van der Waals surface area contributed by atoms with Crippen molar-refractivity contribution in [2.75, 3.05) is 13.1 Å². The highest BCUT2D eigenvalue weighted by molar-refractivity contribution is 5.68. The topological polar surface area (TPSA) is 6.25 Å². The molecule has 1 atom stereocenters. The first-order chi connectivity index (χ1) is 10.6. The molecule has 0 saturated carbocycles. The largest absolute Gasteiger partial charge is 1.00 e. The summed E-state index contributed by atoms with van der Waals surface area (Å²) in [6.07, 6.45) is 9.92. The number of likely N-dealkylation sites (tertiary alicyclic amines) is 1. The zero-order valence-electron chi connectivity index (χ0n) is 14.6. The van der Waals surface area contributed by atoms with Crippen molar-refractivity contribution in [1.82, 2.24) is 4.90 Å². The second-order valence-corrected chi connectivity index (χ2v) is 7.34. The van der Waals surface area contributed by atoms with Crippen molar-refractivity contribution in [3.8, 4) is 0 Å². The van der Waals surface area contributed by atoms with Crippen LogP contribution in [0.4, 0.5) is 0 Å². The van der Waals surface area contributed by atoms with E-state index in [1.54, 1.807) is 0 Å². The standard InChI is InChI=1S/C20H29N2.BrH/c1-17(18-10-6-4-7-11-18)22-15-12-19(16-20(22,2)3)21-13-8-5-9-14-21;/h4,6-7,10-12,15,17H,5,8-9,13-14,16H2,1-3H3;1H/q+1;/p-1. The number of benzene rings is 1. The molecule has 0 spiro atoms. The van der Waals surface area contributed by atoms with Crippen molar-refractivity contribution in [3.05, 3.63) is 47.7 Å². The third-order valence-corrected chi connectivity index (χ3v) is 5.20. The third-order valence-electron chi connectivity index (χ3n) is 5.20. The molecule has 0 N–H and O–H groups in total. The summed E-state index contributed by atoms with van der Waals surface area (Å²) in [7, 11) is 0. The fraction of sp³-hybridized carbons (Fsp3) is 0.550. The second-order valence-electron chi connectivity index (χ2n) is 7.34. The maximum atomic E-state index is 2.60. The van der Waals surface area contributed by atoms with Crippen molar-refractivity contribution in [3.63, 3.8) is 0 Å². The summed E-state index contributed by atoms with van der Waals surface area (Å²) in [5, 5.41) is 0. The van der Waals surface area contributed by atoms with E-state index in [1.165, 1.54) is 43.6 Å². The minimum atomic E-state index is 0. The molecule has 1 fully saturated rings. The van der Waals surface area contributed by atoms with Gasteiger partial charge >= 0.3 is 0 Å². The molecule has 0 amide bonds. The van der Waals surface area contributed by atoms with Gasteiger partial charge in [0.2, 0.25) is 0 Å². The molecule has 1 aromatic carbocycles. The first kappa shape index (κ1) is 18.3. The normalized spacial score (nSPS) is 21.8. The van der Waals surface area contributed by atoms with Gasteiger partial charge in [-0.1, -0.05) is 30.3 Å². The van der Waals surface area contributed by atoms with Crippen LogP contribution in [0, 0.1) is 0 Å². The molecule has 0 aromatic heterocycles. The van der Waals surface area contributed by atoms with Gasteiger partial charge in [0.25, 0.3) is 0 Å². The minimum Gasteiger partial charge on any atom is -1.00 e. The molecule has 3 rings (SSSR count). The van der Waals surface area contributed by atoms with Gasteiger partial charge in [-0.15, -0.1) is 0 Å². The van der Waals surface area contributed by atoms with E-state index in [4.69, 9.17) is 0 Å². The Labute approximate surface area is 151 Å². The highest BCUT2D eigenvalue weighted by Gasteiger charge is 2.38. The Morgan fingerprint density at radius 3 is 2.30 bits per heavy atom. The maximum Gasteiger partial charge on any atom is 0.175 e. The van der Waals surface area contributed by atoms with Crippen LogP contribution in [-0.4, -0.2) is 34.3 Å². The van der Waals surface area contributed by atoms with Gasteiger partial charge < -0.3 is 21.9 Å². The molecule has 3 heteroatoms. The highest BCUT2D eigenvalue weighted by atomic mass is 79.9. The van der Waals surface area contributed by atoms with Crippen molar-refractivity contribution in [2.24, 2.45) is 0 Å². The van der Waals surface area contributed by atoms with Gasteiger partial charge in [0.1, 0.15) is 0 Å². The van der Waals surface area contributed by atoms with E-state index in [-0.39, 0.29) is 22.5 Å². The van der Waals surface area contributed by atoms with E-state index in [0.717, 1.165) is 6.42 Å². The Morgan fingerprint density at radius 1 is 1.04 bits per heavy atom. The summed E-state index contributed by atoms with van der Waals surface area (Å²) in [5.74, 6) is 0. The van der Waals surface area contributed by atoms with Crippen molar-refractivity contribution >= 4 is 6.21 Å².